The van der Waals surface area contributed by atoms with Gasteiger partial charge in [-0.15, -0.1) is 0 Å². The van der Waals surface area contributed by atoms with Crippen molar-refractivity contribution in [3.05, 3.63) is 187 Å². The van der Waals surface area contributed by atoms with Gasteiger partial charge in [-0.3, -0.25) is 4.98 Å². The highest BCUT2D eigenvalue weighted by atomic mass is 14.9. The molecule has 0 radical (unpaired) electrons. The van der Waals surface area contributed by atoms with Gasteiger partial charge in [0, 0.05) is 34.5 Å². The number of fused-ring (bicyclic) bond motifs is 6. The van der Waals surface area contributed by atoms with Gasteiger partial charge in [0.1, 0.15) is 0 Å². The third-order valence-electron chi connectivity index (χ3n) is 11.0. The van der Waals surface area contributed by atoms with E-state index in [1.165, 1.54) is 49.5 Å². The van der Waals surface area contributed by atoms with Crippen LogP contribution in [0.15, 0.2) is 176 Å². The Balaban J connectivity index is 1.11. The molecule has 0 saturated carbocycles. The van der Waals surface area contributed by atoms with E-state index in [2.05, 4.69) is 158 Å². The van der Waals surface area contributed by atoms with Crippen molar-refractivity contribution >= 4 is 21.5 Å². The van der Waals surface area contributed by atoms with Crippen molar-refractivity contribution in [2.45, 2.75) is 19.3 Å². The first-order valence-corrected chi connectivity index (χ1v) is 18.2. The van der Waals surface area contributed by atoms with E-state index >= 15 is 0 Å². The van der Waals surface area contributed by atoms with Crippen LogP contribution in [-0.2, 0) is 5.41 Å². The number of nitrogens with zero attached hydrogens (tertiary/aromatic N) is 3. The smallest absolute Gasteiger partial charge is 0.160 e. The van der Waals surface area contributed by atoms with Gasteiger partial charge in [-0.1, -0.05) is 159 Å². The Labute approximate surface area is 309 Å². The van der Waals surface area contributed by atoms with Crippen LogP contribution < -0.4 is 0 Å². The summed E-state index contributed by atoms with van der Waals surface area (Å²) in [6.07, 6.45) is 3.69. The normalized spacial score (nSPS) is 12.9. The quantitative estimate of drug-likeness (QED) is 0.182. The SMILES string of the molecule is CC1(C)c2ccc(-c3ccc(-c4cc(-c5ccc(-c6cccnc6)cc5)nc(-c5ccccc5)n4)c4ccccc34)cc2-c2ccc3ccccc3c21. The summed E-state index contributed by atoms with van der Waals surface area (Å²) < 4.78 is 0. The van der Waals surface area contributed by atoms with E-state index in [9.17, 15) is 0 Å². The van der Waals surface area contributed by atoms with Crippen molar-refractivity contribution in [1.82, 2.24) is 15.0 Å². The molecule has 0 saturated heterocycles. The molecule has 250 valence electrons. The third-order valence-corrected chi connectivity index (χ3v) is 11.0. The molecule has 1 aliphatic rings. The van der Waals surface area contributed by atoms with E-state index in [0.717, 1.165) is 44.6 Å². The van der Waals surface area contributed by atoms with Gasteiger partial charge >= 0.3 is 0 Å². The maximum absolute atomic E-state index is 5.21. The Hall–Kier alpha value is -6.71. The molecule has 3 nitrogen and oxygen atoms in total. The van der Waals surface area contributed by atoms with E-state index in [0.29, 0.717) is 5.82 Å². The molecule has 0 amide bonds. The van der Waals surface area contributed by atoms with E-state index in [-0.39, 0.29) is 5.41 Å². The van der Waals surface area contributed by atoms with Crippen LogP contribution in [0.3, 0.4) is 0 Å². The van der Waals surface area contributed by atoms with Crippen molar-refractivity contribution in [3.63, 3.8) is 0 Å². The molecule has 53 heavy (non-hydrogen) atoms. The van der Waals surface area contributed by atoms with E-state index in [1.54, 1.807) is 6.20 Å². The van der Waals surface area contributed by atoms with Gasteiger partial charge in [0.05, 0.1) is 11.4 Å². The fourth-order valence-electron chi connectivity index (χ4n) is 8.37. The van der Waals surface area contributed by atoms with Crippen LogP contribution in [0.5, 0.6) is 0 Å². The van der Waals surface area contributed by atoms with E-state index < -0.39 is 0 Å². The minimum absolute atomic E-state index is 0.0871. The molecule has 0 bridgehead atoms. The van der Waals surface area contributed by atoms with Crippen LogP contribution in [-0.4, -0.2) is 15.0 Å². The summed E-state index contributed by atoms with van der Waals surface area (Å²) in [4.78, 5) is 14.6. The first-order valence-electron chi connectivity index (χ1n) is 18.2. The molecular weight excluding hydrogens is 643 g/mol. The molecule has 0 N–H and O–H groups in total. The summed E-state index contributed by atoms with van der Waals surface area (Å²) in [5.41, 5.74) is 14.9. The largest absolute Gasteiger partial charge is 0.264 e. The summed E-state index contributed by atoms with van der Waals surface area (Å²) in [5.74, 6) is 0.704. The first-order chi connectivity index (χ1) is 26.0. The highest BCUT2D eigenvalue weighted by Crippen LogP contribution is 2.52. The van der Waals surface area contributed by atoms with Gasteiger partial charge in [-0.05, 0) is 84.3 Å². The fourth-order valence-corrected chi connectivity index (χ4v) is 8.37. The van der Waals surface area contributed by atoms with Crippen molar-refractivity contribution in [2.75, 3.05) is 0 Å². The van der Waals surface area contributed by atoms with Crippen LogP contribution in [0.2, 0.25) is 0 Å². The summed E-state index contributed by atoms with van der Waals surface area (Å²) in [6.45, 7) is 4.73. The number of pyridine rings is 1. The van der Waals surface area contributed by atoms with Crippen LogP contribution >= 0.6 is 0 Å². The minimum atomic E-state index is -0.0871. The molecule has 0 aliphatic heterocycles. The van der Waals surface area contributed by atoms with Crippen LogP contribution in [0, 0.1) is 0 Å². The van der Waals surface area contributed by atoms with Gasteiger partial charge in [0.2, 0.25) is 0 Å². The van der Waals surface area contributed by atoms with Gasteiger partial charge in [0.25, 0.3) is 0 Å². The Kier molecular flexibility index (Phi) is 7.16. The molecule has 9 aromatic rings. The number of rotatable bonds is 5. The monoisotopic (exact) mass is 677 g/mol. The van der Waals surface area contributed by atoms with Crippen molar-refractivity contribution in [3.8, 4) is 67.3 Å². The Morgan fingerprint density at radius 3 is 1.85 bits per heavy atom. The zero-order valence-corrected chi connectivity index (χ0v) is 29.6. The standard InChI is InChI=1S/C50H35N3/c1-50(2)45-27-23-36(29-44(45)43-24-22-33-11-6-7-15-39(33)48(43)50)38-25-26-42(41-17-9-8-16-40(38)41)47-30-46(52-49(53-47)35-12-4-3-5-13-35)34-20-18-32(19-21-34)37-14-10-28-51-31-37/h3-31H,1-2H3. The lowest BCUT2D eigenvalue weighted by atomic mass is 9.80. The van der Waals surface area contributed by atoms with Gasteiger partial charge in [0.15, 0.2) is 5.82 Å². The third kappa shape index (κ3) is 5.16. The zero-order chi connectivity index (χ0) is 35.5. The first kappa shape index (κ1) is 31.1. The highest BCUT2D eigenvalue weighted by Gasteiger charge is 2.37. The number of hydrogen-bond acceptors (Lipinski definition) is 3. The molecule has 7 aromatic carbocycles. The predicted octanol–water partition coefficient (Wildman–Crippen LogP) is 12.8. The average Bonchev–Trinajstić information content (AvgIpc) is 3.46. The van der Waals surface area contributed by atoms with Crippen molar-refractivity contribution < 1.29 is 0 Å². The van der Waals surface area contributed by atoms with E-state index in [4.69, 9.17) is 9.97 Å². The molecule has 3 heteroatoms. The lowest BCUT2D eigenvalue weighted by Crippen LogP contribution is -2.15. The van der Waals surface area contributed by atoms with Gasteiger partial charge in [-0.25, -0.2) is 9.97 Å². The van der Waals surface area contributed by atoms with Crippen molar-refractivity contribution in [1.29, 1.82) is 0 Å². The summed E-state index contributed by atoms with van der Waals surface area (Å²) in [5, 5.41) is 4.99. The second-order valence-electron chi connectivity index (χ2n) is 14.4. The van der Waals surface area contributed by atoms with E-state index in [1.807, 2.05) is 30.5 Å². The second-order valence-corrected chi connectivity index (χ2v) is 14.4. The Morgan fingerprint density at radius 1 is 0.415 bits per heavy atom. The topological polar surface area (TPSA) is 38.7 Å². The number of benzene rings is 7. The lowest BCUT2D eigenvalue weighted by molar-refractivity contribution is 0.666. The molecule has 10 rings (SSSR count). The molecule has 2 aromatic heterocycles. The highest BCUT2D eigenvalue weighted by molar-refractivity contribution is 6.06. The maximum atomic E-state index is 5.21. The van der Waals surface area contributed by atoms with Crippen molar-refractivity contribution in [2.24, 2.45) is 0 Å². The predicted molar refractivity (Wildman–Crippen MR) is 220 cm³/mol. The molecule has 0 atom stereocenters. The molecular formula is C50H35N3. The van der Waals surface area contributed by atoms with Crippen LogP contribution in [0.4, 0.5) is 0 Å². The minimum Gasteiger partial charge on any atom is -0.264 e. The lowest BCUT2D eigenvalue weighted by Gasteiger charge is -2.23. The Morgan fingerprint density at radius 2 is 1.06 bits per heavy atom. The summed E-state index contributed by atoms with van der Waals surface area (Å²) in [7, 11) is 0. The molecule has 1 aliphatic carbocycles. The molecule has 0 spiro atoms. The van der Waals surface area contributed by atoms with Crippen LogP contribution in [0.1, 0.15) is 25.0 Å². The van der Waals surface area contributed by atoms with Crippen LogP contribution in [0.25, 0.3) is 88.8 Å². The zero-order valence-electron chi connectivity index (χ0n) is 29.6. The molecule has 2 heterocycles. The molecule has 0 unspecified atom stereocenters. The summed E-state index contributed by atoms with van der Waals surface area (Å²) in [6, 6.07) is 58.6. The second kappa shape index (κ2) is 12.2. The summed E-state index contributed by atoms with van der Waals surface area (Å²) >= 11 is 0. The van der Waals surface area contributed by atoms with Gasteiger partial charge < -0.3 is 0 Å². The number of aromatic nitrogens is 3. The van der Waals surface area contributed by atoms with Gasteiger partial charge in [-0.2, -0.15) is 0 Å². The number of hydrogen-bond donors (Lipinski definition) is 0. The maximum Gasteiger partial charge on any atom is 0.160 e. The molecule has 0 fully saturated rings. The fraction of sp³-hybridized carbons (Fsp3) is 0.0600. The Bertz CT molecular complexity index is 2840. The average molecular weight is 678 g/mol.